The third kappa shape index (κ3) is 4.75. The lowest BCUT2D eigenvalue weighted by atomic mass is 10.1. The summed E-state index contributed by atoms with van der Waals surface area (Å²) in [6.45, 7) is 3.22. The zero-order valence-corrected chi connectivity index (χ0v) is 19.1. The number of imidazole rings is 1. The Balaban J connectivity index is 1.28. The number of nitrogens with zero attached hydrogens (tertiary/aromatic N) is 2. The van der Waals surface area contributed by atoms with E-state index in [1.54, 1.807) is 6.07 Å². The molecule has 1 fully saturated rings. The van der Waals surface area contributed by atoms with Crippen LogP contribution in [0.3, 0.4) is 0 Å². The molecule has 1 aliphatic rings. The molecule has 0 aliphatic carbocycles. The molecule has 1 saturated heterocycles. The molecule has 1 aromatic heterocycles. The van der Waals surface area contributed by atoms with Gasteiger partial charge >= 0.3 is 0 Å². The normalized spacial score (nSPS) is 15.4. The van der Waals surface area contributed by atoms with Gasteiger partial charge in [0, 0.05) is 35.6 Å². The van der Waals surface area contributed by atoms with Gasteiger partial charge < -0.3 is 25.0 Å². The number of ether oxygens (including phenoxy) is 1. The zero-order chi connectivity index (χ0) is 23.7. The topological polar surface area (TPSA) is 134 Å². The van der Waals surface area contributed by atoms with Crippen molar-refractivity contribution in [2.45, 2.75) is 11.1 Å². The molecule has 1 aliphatic heterocycles. The van der Waals surface area contributed by atoms with Crippen molar-refractivity contribution in [1.29, 1.82) is 0 Å². The number of H-pyrrole nitrogens is 1. The number of morpholine rings is 1. The molecule has 2 heterocycles. The second-order valence-corrected chi connectivity index (χ2v) is 9.69. The largest absolute Gasteiger partial charge is 0.378 e. The summed E-state index contributed by atoms with van der Waals surface area (Å²) in [5.74, 6) is 0.592. The minimum absolute atomic E-state index is 0.0257. The number of aromatic amines is 1. The van der Waals surface area contributed by atoms with Crippen LogP contribution >= 0.6 is 0 Å². The molecule has 0 saturated carbocycles. The number of aliphatic hydroxyl groups is 1. The van der Waals surface area contributed by atoms with E-state index in [9.17, 15) is 13.5 Å². The van der Waals surface area contributed by atoms with Crippen LogP contribution in [0.5, 0.6) is 0 Å². The van der Waals surface area contributed by atoms with Gasteiger partial charge in [0.15, 0.2) is 6.23 Å². The van der Waals surface area contributed by atoms with Gasteiger partial charge in [-0.1, -0.05) is 24.3 Å². The predicted molar refractivity (Wildman–Crippen MR) is 131 cm³/mol. The summed E-state index contributed by atoms with van der Waals surface area (Å²) in [4.78, 5) is 9.94. The van der Waals surface area contributed by atoms with Gasteiger partial charge in [-0.05, 0) is 42.5 Å². The van der Waals surface area contributed by atoms with Crippen LogP contribution in [-0.2, 0) is 14.8 Å². The standard InChI is InChI=1S/C24H25N5O4S/c25-34(31,32)20-9-10-21-22(15-20)28-23(27-21)16-1-3-17(4-2-16)24(30)26-18-5-7-19(8-6-18)29-11-13-33-14-12-29/h1-10,15,24,26,30H,11-14H2,(H,27,28)(H2,25,31,32). The van der Waals surface area contributed by atoms with E-state index in [4.69, 9.17) is 9.88 Å². The fourth-order valence-corrected chi connectivity index (χ4v) is 4.50. The Bertz CT molecular complexity index is 1400. The lowest BCUT2D eigenvalue weighted by molar-refractivity contribution is 0.122. The Morgan fingerprint density at radius 2 is 1.74 bits per heavy atom. The number of primary sulfonamides is 1. The summed E-state index contributed by atoms with van der Waals surface area (Å²) in [6.07, 6.45) is -0.878. The number of aliphatic hydroxyl groups excluding tert-OH is 1. The summed E-state index contributed by atoms with van der Waals surface area (Å²) in [6, 6.07) is 19.8. The summed E-state index contributed by atoms with van der Waals surface area (Å²) in [7, 11) is -3.79. The molecule has 10 heteroatoms. The maximum atomic E-state index is 11.6. The third-order valence-corrected chi connectivity index (χ3v) is 6.74. The predicted octanol–water partition coefficient (Wildman–Crippen LogP) is 2.82. The molecule has 3 aromatic carbocycles. The van der Waals surface area contributed by atoms with Gasteiger partial charge in [0.2, 0.25) is 10.0 Å². The lowest BCUT2D eigenvalue weighted by Crippen LogP contribution is -2.36. The number of aromatic nitrogens is 2. The van der Waals surface area contributed by atoms with Crippen molar-refractivity contribution in [1.82, 2.24) is 9.97 Å². The molecule has 1 unspecified atom stereocenters. The molecule has 0 radical (unpaired) electrons. The lowest BCUT2D eigenvalue weighted by Gasteiger charge is -2.29. The van der Waals surface area contributed by atoms with Gasteiger partial charge in [-0.15, -0.1) is 0 Å². The van der Waals surface area contributed by atoms with Crippen LogP contribution in [0, 0.1) is 0 Å². The summed E-state index contributed by atoms with van der Waals surface area (Å²) in [5, 5.41) is 19.0. The number of nitrogens with two attached hydrogens (primary N) is 1. The highest BCUT2D eigenvalue weighted by atomic mass is 32.2. The summed E-state index contributed by atoms with van der Waals surface area (Å²) < 4.78 is 28.6. The van der Waals surface area contributed by atoms with Crippen molar-refractivity contribution in [2.75, 3.05) is 36.5 Å². The van der Waals surface area contributed by atoms with Gasteiger partial charge in [-0.25, -0.2) is 18.5 Å². The van der Waals surface area contributed by atoms with Crippen LogP contribution in [-0.4, -0.2) is 49.8 Å². The molecule has 9 nitrogen and oxygen atoms in total. The van der Waals surface area contributed by atoms with Crippen molar-refractivity contribution in [3.8, 4) is 11.4 Å². The minimum atomic E-state index is -3.79. The third-order valence-electron chi connectivity index (χ3n) is 5.83. The number of fused-ring (bicyclic) bond motifs is 1. The number of hydrogen-bond donors (Lipinski definition) is 4. The Hall–Kier alpha value is -3.44. The first-order valence-electron chi connectivity index (χ1n) is 10.9. The molecule has 5 N–H and O–H groups in total. The van der Waals surface area contributed by atoms with Gasteiger partial charge in [-0.3, -0.25) is 0 Å². The zero-order valence-electron chi connectivity index (χ0n) is 18.3. The highest BCUT2D eigenvalue weighted by Gasteiger charge is 2.14. The fourth-order valence-electron chi connectivity index (χ4n) is 3.96. The Morgan fingerprint density at radius 3 is 2.41 bits per heavy atom. The Morgan fingerprint density at radius 1 is 1.03 bits per heavy atom. The number of benzene rings is 3. The average Bonchev–Trinajstić information content (AvgIpc) is 3.28. The number of sulfonamides is 1. The van der Waals surface area contributed by atoms with E-state index < -0.39 is 16.3 Å². The van der Waals surface area contributed by atoms with E-state index in [0.717, 1.165) is 43.2 Å². The van der Waals surface area contributed by atoms with Gasteiger partial charge in [0.25, 0.3) is 0 Å². The fraction of sp³-hybridized carbons (Fsp3) is 0.208. The van der Waals surface area contributed by atoms with Gasteiger partial charge in [-0.2, -0.15) is 0 Å². The van der Waals surface area contributed by atoms with Crippen LogP contribution in [0.2, 0.25) is 0 Å². The molecule has 34 heavy (non-hydrogen) atoms. The van der Waals surface area contributed by atoms with E-state index in [1.165, 1.54) is 12.1 Å². The molecule has 0 spiro atoms. The molecule has 5 rings (SSSR count). The first-order chi connectivity index (χ1) is 16.4. The van der Waals surface area contributed by atoms with E-state index >= 15 is 0 Å². The average molecular weight is 480 g/mol. The highest BCUT2D eigenvalue weighted by Crippen LogP contribution is 2.26. The van der Waals surface area contributed by atoms with E-state index in [-0.39, 0.29) is 4.90 Å². The maximum Gasteiger partial charge on any atom is 0.238 e. The minimum Gasteiger partial charge on any atom is -0.378 e. The van der Waals surface area contributed by atoms with Crippen LogP contribution < -0.4 is 15.4 Å². The molecule has 0 bridgehead atoms. The van der Waals surface area contributed by atoms with E-state index in [2.05, 4.69) is 20.2 Å². The van der Waals surface area contributed by atoms with E-state index in [0.29, 0.717) is 22.4 Å². The SMILES string of the molecule is NS(=O)(=O)c1ccc2nc(-c3ccc(C(O)Nc4ccc(N5CCOCC5)cc4)cc3)[nH]c2c1. The van der Waals surface area contributed by atoms with Crippen LogP contribution in [0.4, 0.5) is 11.4 Å². The maximum absolute atomic E-state index is 11.6. The second kappa shape index (κ2) is 9.07. The smallest absolute Gasteiger partial charge is 0.238 e. The van der Waals surface area contributed by atoms with Gasteiger partial charge in [0.05, 0.1) is 29.1 Å². The van der Waals surface area contributed by atoms with Crippen molar-refractivity contribution in [3.63, 3.8) is 0 Å². The number of rotatable bonds is 6. The molecule has 4 aromatic rings. The molecule has 0 amide bonds. The van der Waals surface area contributed by atoms with Crippen molar-refractivity contribution >= 4 is 32.4 Å². The molecule has 176 valence electrons. The van der Waals surface area contributed by atoms with Crippen LogP contribution in [0.15, 0.2) is 71.6 Å². The second-order valence-electron chi connectivity index (χ2n) is 8.12. The molecular formula is C24H25N5O4S. The summed E-state index contributed by atoms with van der Waals surface area (Å²) >= 11 is 0. The molecular weight excluding hydrogens is 454 g/mol. The first kappa shape index (κ1) is 22.4. The quantitative estimate of drug-likeness (QED) is 0.313. The van der Waals surface area contributed by atoms with Crippen molar-refractivity contribution in [2.24, 2.45) is 5.14 Å². The number of anilines is 2. The Kier molecular flexibility index (Phi) is 5.96. The number of nitrogens with one attached hydrogen (secondary N) is 2. The van der Waals surface area contributed by atoms with E-state index in [1.807, 2.05) is 48.5 Å². The first-order valence-corrected chi connectivity index (χ1v) is 12.4. The monoisotopic (exact) mass is 479 g/mol. The molecule has 1 atom stereocenters. The van der Waals surface area contributed by atoms with Crippen LogP contribution in [0.1, 0.15) is 11.8 Å². The van der Waals surface area contributed by atoms with Crippen molar-refractivity contribution in [3.05, 3.63) is 72.3 Å². The van der Waals surface area contributed by atoms with Crippen LogP contribution in [0.25, 0.3) is 22.4 Å². The Labute approximate surface area is 197 Å². The number of hydrogen-bond acceptors (Lipinski definition) is 7. The highest BCUT2D eigenvalue weighted by molar-refractivity contribution is 7.89. The van der Waals surface area contributed by atoms with Crippen molar-refractivity contribution < 1.29 is 18.3 Å². The van der Waals surface area contributed by atoms with Gasteiger partial charge in [0.1, 0.15) is 5.82 Å². The summed E-state index contributed by atoms with van der Waals surface area (Å²) in [5.41, 5.74) is 4.67.